The Balaban J connectivity index is 1.79. The largest absolute Gasteiger partial charge is 0.361 e. The number of halogens is 1. The molecule has 1 amide bonds. The van der Waals surface area contributed by atoms with E-state index >= 15 is 0 Å². The maximum Gasteiger partial charge on any atom is 0.228 e. The molecule has 3 rings (SSSR count). The summed E-state index contributed by atoms with van der Waals surface area (Å²) in [6.07, 6.45) is 3.82. The SMILES string of the molecule is Cc1cc(NC(=O)Cc2c[nH]c3ccc(Cl)cc23)ccn1. The molecule has 5 heteroatoms. The average molecular weight is 300 g/mol. The molecule has 0 atom stereocenters. The third kappa shape index (κ3) is 3.06. The van der Waals surface area contributed by atoms with Crippen molar-refractivity contribution >= 4 is 34.1 Å². The number of hydrogen-bond donors (Lipinski definition) is 2. The first-order valence-electron chi connectivity index (χ1n) is 6.60. The van der Waals surface area contributed by atoms with Gasteiger partial charge in [0.1, 0.15) is 0 Å². The van der Waals surface area contributed by atoms with Gasteiger partial charge in [0, 0.05) is 39.7 Å². The van der Waals surface area contributed by atoms with Crippen LogP contribution in [0, 0.1) is 6.92 Å². The quantitative estimate of drug-likeness (QED) is 0.774. The Bertz CT molecular complexity index is 810. The molecule has 0 aliphatic carbocycles. The van der Waals surface area contributed by atoms with E-state index in [1.807, 2.05) is 37.4 Å². The lowest BCUT2D eigenvalue weighted by Gasteiger charge is -2.05. The molecule has 2 heterocycles. The standard InChI is InChI=1S/C16H14ClN3O/c1-10-6-13(4-5-18-10)20-16(21)7-11-9-19-15-3-2-12(17)8-14(11)15/h2-6,8-9,19H,7H2,1H3,(H,18,20,21). The Labute approximate surface area is 127 Å². The highest BCUT2D eigenvalue weighted by Gasteiger charge is 2.09. The van der Waals surface area contributed by atoms with Crippen LogP contribution in [0.15, 0.2) is 42.7 Å². The Morgan fingerprint density at radius 3 is 3.00 bits per heavy atom. The van der Waals surface area contributed by atoms with Crippen molar-refractivity contribution < 1.29 is 4.79 Å². The van der Waals surface area contributed by atoms with Gasteiger partial charge < -0.3 is 10.3 Å². The molecule has 0 fully saturated rings. The Morgan fingerprint density at radius 2 is 2.19 bits per heavy atom. The second-order valence-corrected chi connectivity index (χ2v) is 5.35. The zero-order valence-corrected chi connectivity index (χ0v) is 12.2. The highest BCUT2D eigenvalue weighted by atomic mass is 35.5. The number of hydrogen-bond acceptors (Lipinski definition) is 2. The molecular weight excluding hydrogens is 286 g/mol. The monoisotopic (exact) mass is 299 g/mol. The molecule has 0 bridgehead atoms. The van der Waals surface area contributed by atoms with Gasteiger partial charge in [-0.1, -0.05) is 11.6 Å². The average Bonchev–Trinajstić information content (AvgIpc) is 2.81. The van der Waals surface area contributed by atoms with Gasteiger partial charge in [-0.2, -0.15) is 0 Å². The maximum absolute atomic E-state index is 12.1. The second kappa shape index (κ2) is 5.58. The predicted molar refractivity (Wildman–Crippen MR) is 84.6 cm³/mol. The van der Waals surface area contributed by atoms with Crippen LogP contribution in [-0.4, -0.2) is 15.9 Å². The van der Waals surface area contributed by atoms with Crippen LogP contribution in [0.4, 0.5) is 5.69 Å². The zero-order chi connectivity index (χ0) is 14.8. The van der Waals surface area contributed by atoms with Crippen LogP contribution in [0.25, 0.3) is 10.9 Å². The van der Waals surface area contributed by atoms with Crippen LogP contribution in [0.5, 0.6) is 0 Å². The number of fused-ring (bicyclic) bond motifs is 1. The number of benzene rings is 1. The number of carbonyl (C=O) groups excluding carboxylic acids is 1. The molecular formula is C16H14ClN3O. The van der Waals surface area contributed by atoms with E-state index in [0.29, 0.717) is 11.4 Å². The van der Waals surface area contributed by atoms with E-state index in [0.717, 1.165) is 27.8 Å². The molecule has 0 unspecified atom stereocenters. The van der Waals surface area contributed by atoms with Gasteiger partial charge in [0.2, 0.25) is 5.91 Å². The minimum atomic E-state index is -0.0681. The summed E-state index contributed by atoms with van der Waals surface area (Å²) in [7, 11) is 0. The molecule has 2 N–H and O–H groups in total. The van der Waals surface area contributed by atoms with Crippen molar-refractivity contribution in [3.05, 3.63) is 59.0 Å². The van der Waals surface area contributed by atoms with Gasteiger partial charge in [-0.3, -0.25) is 9.78 Å². The van der Waals surface area contributed by atoms with Crippen molar-refractivity contribution in [2.75, 3.05) is 5.32 Å². The highest BCUT2D eigenvalue weighted by molar-refractivity contribution is 6.31. The molecule has 4 nitrogen and oxygen atoms in total. The van der Waals surface area contributed by atoms with Crippen molar-refractivity contribution in [1.82, 2.24) is 9.97 Å². The molecule has 0 radical (unpaired) electrons. The second-order valence-electron chi connectivity index (χ2n) is 4.91. The van der Waals surface area contributed by atoms with Crippen molar-refractivity contribution in [1.29, 1.82) is 0 Å². The van der Waals surface area contributed by atoms with Gasteiger partial charge in [0.25, 0.3) is 0 Å². The number of anilines is 1. The highest BCUT2D eigenvalue weighted by Crippen LogP contribution is 2.23. The summed E-state index contributed by atoms with van der Waals surface area (Å²) in [6.45, 7) is 1.89. The molecule has 0 saturated carbocycles. The molecule has 0 aliphatic rings. The summed E-state index contributed by atoms with van der Waals surface area (Å²) in [4.78, 5) is 19.4. The van der Waals surface area contributed by atoms with Crippen LogP contribution < -0.4 is 5.32 Å². The molecule has 3 aromatic rings. The molecule has 0 saturated heterocycles. The van der Waals surface area contributed by atoms with Crippen LogP contribution in [-0.2, 0) is 11.2 Å². The minimum Gasteiger partial charge on any atom is -0.361 e. The first-order valence-corrected chi connectivity index (χ1v) is 6.97. The van der Waals surface area contributed by atoms with Gasteiger partial charge in [-0.15, -0.1) is 0 Å². The van der Waals surface area contributed by atoms with Gasteiger partial charge in [-0.05, 0) is 42.8 Å². The van der Waals surface area contributed by atoms with Crippen molar-refractivity contribution in [2.24, 2.45) is 0 Å². The van der Waals surface area contributed by atoms with Crippen molar-refractivity contribution in [2.45, 2.75) is 13.3 Å². The Hall–Kier alpha value is -2.33. The third-order valence-corrected chi connectivity index (χ3v) is 3.50. The lowest BCUT2D eigenvalue weighted by Crippen LogP contribution is -2.14. The van der Waals surface area contributed by atoms with Gasteiger partial charge in [-0.25, -0.2) is 0 Å². The summed E-state index contributed by atoms with van der Waals surface area (Å²) >= 11 is 6.01. The lowest BCUT2D eigenvalue weighted by molar-refractivity contribution is -0.115. The summed E-state index contributed by atoms with van der Waals surface area (Å²) < 4.78 is 0. The van der Waals surface area contributed by atoms with Crippen LogP contribution in [0.3, 0.4) is 0 Å². The van der Waals surface area contributed by atoms with E-state index in [9.17, 15) is 4.79 Å². The van der Waals surface area contributed by atoms with Gasteiger partial charge in [0.05, 0.1) is 6.42 Å². The van der Waals surface area contributed by atoms with E-state index in [2.05, 4.69) is 15.3 Å². The van der Waals surface area contributed by atoms with Gasteiger partial charge in [0.15, 0.2) is 0 Å². The molecule has 0 spiro atoms. The molecule has 2 aromatic heterocycles. The van der Waals surface area contributed by atoms with Crippen LogP contribution >= 0.6 is 11.6 Å². The normalized spacial score (nSPS) is 10.8. The summed E-state index contributed by atoms with van der Waals surface area (Å²) in [5.41, 5.74) is 3.52. The van der Waals surface area contributed by atoms with E-state index in [-0.39, 0.29) is 5.91 Å². The zero-order valence-electron chi connectivity index (χ0n) is 11.5. The molecule has 1 aromatic carbocycles. The third-order valence-electron chi connectivity index (χ3n) is 3.26. The fourth-order valence-electron chi connectivity index (χ4n) is 2.30. The summed E-state index contributed by atoms with van der Waals surface area (Å²) in [5, 5.41) is 4.51. The number of aromatic amines is 1. The fourth-order valence-corrected chi connectivity index (χ4v) is 2.47. The molecule has 106 valence electrons. The van der Waals surface area contributed by atoms with Crippen molar-refractivity contribution in [3.8, 4) is 0 Å². The number of carbonyl (C=O) groups is 1. The summed E-state index contributed by atoms with van der Waals surface area (Å²) in [5.74, 6) is -0.0681. The maximum atomic E-state index is 12.1. The van der Waals surface area contributed by atoms with Gasteiger partial charge >= 0.3 is 0 Å². The number of amides is 1. The Kier molecular flexibility index (Phi) is 3.62. The fraction of sp³-hybridized carbons (Fsp3) is 0.125. The number of nitrogens with zero attached hydrogens (tertiary/aromatic N) is 1. The van der Waals surface area contributed by atoms with E-state index < -0.39 is 0 Å². The number of nitrogens with one attached hydrogen (secondary N) is 2. The van der Waals surface area contributed by atoms with Crippen LogP contribution in [0.1, 0.15) is 11.3 Å². The number of rotatable bonds is 3. The number of H-pyrrole nitrogens is 1. The van der Waals surface area contributed by atoms with Crippen LogP contribution in [0.2, 0.25) is 5.02 Å². The molecule has 21 heavy (non-hydrogen) atoms. The predicted octanol–water partition coefficient (Wildman–Crippen LogP) is 3.71. The van der Waals surface area contributed by atoms with E-state index in [1.54, 1.807) is 12.3 Å². The molecule has 0 aliphatic heterocycles. The van der Waals surface area contributed by atoms with E-state index in [1.165, 1.54) is 0 Å². The first kappa shape index (κ1) is 13.6. The Morgan fingerprint density at radius 1 is 1.33 bits per heavy atom. The lowest BCUT2D eigenvalue weighted by atomic mass is 10.1. The topological polar surface area (TPSA) is 57.8 Å². The summed E-state index contributed by atoms with van der Waals surface area (Å²) in [6, 6.07) is 9.21. The number of aromatic nitrogens is 2. The number of pyridine rings is 1. The van der Waals surface area contributed by atoms with Crippen molar-refractivity contribution in [3.63, 3.8) is 0 Å². The minimum absolute atomic E-state index is 0.0681. The number of aryl methyl sites for hydroxylation is 1. The smallest absolute Gasteiger partial charge is 0.228 e. The first-order chi connectivity index (χ1) is 10.1. The van der Waals surface area contributed by atoms with E-state index in [4.69, 9.17) is 11.6 Å².